The number of hydrogen-bond acceptors (Lipinski definition) is 2. The number of aryl methyl sites for hydroxylation is 1. The fourth-order valence-electron chi connectivity index (χ4n) is 2.13. The summed E-state index contributed by atoms with van der Waals surface area (Å²) < 4.78 is 21.1. The average Bonchev–Trinajstić information content (AvgIpc) is 2.65. The third-order valence-corrected chi connectivity index (χ3v) is 2.98. The van der Waals surface area contributed by atoms with Gasteiger partial charge in [-0.1, -0.05) is 0 Å². The number of likely N-dealkylation sites (N-methyl/N-ethyl adjacent to an activating group) is 1. The SMILES string of the molecule is CNCCn1c(C)cc2c(OC)ccc(F)c21. The number of hydrogen-bond donors (Lipinski definition) is 1. The Morgan fingerprint density at radius 2 is 2.18 bits per heavy atom. The summed E-state index contributed by atoms with van der Waals surface area (Å²) in [5, 5.41) is 3.91. The Bertz CT molecular complexity index is 534. The van der Waals surface area contributed by atoms with Gasteiger partial charge in [0.2, 0.25) is 0 Å². The standard InChI is InChI=1S/C13H17FN2O/c1-9-8-10-12(17-3)5-4-11(14)13(10)16(9)7-6-15-2/h4-5,8,15H,6-7H2,1-3H3. The molecule has 0 aliphatic rings. The van der Waals surface area contributed by atoms with E-state index in [9.17, 15) is 4.39 Å². The van der Waals surface area contributed by atoms with Crippen LogP contribution in [0.2, 0.25) is 0 Å². The van der Waals surface area contributed by atoms with Crippen molar-refractivity contribution >= 4 is 10.9 Å². The second kappa shape index (κ2) is 4.75. The van der Waals surface area contributed by atoms with E-state index in [2.05, 4.69) is 5.32 Å². The van der Waals surface area contributed by atoms with Gasteiger partial charge in [0.05, 0.1) is 12.6 Å². The third kappa shape index (κ3) is 2.00. The molecule has 3 nitrogen and oxygen atoms in total. The molecule has 1 aromatic carbocycles. The Hall–Kier alpha value is -1.55. The molecule has 0 saturated heterocycles. The third-order valence-electron chi connectivity index (χ3n) is 2.98. The van der Waals surface area contributed by atoms with Crippen LogP contribution in [0.15, 0.2) is 18.2 Å². The lowest BCUT2D eigenvalue weighted by atomic mass is 10.2. The van der Waals surface area contributed by atoms with E-state index in [-0.39, 0.29) is 5.82 Å². The molecule has 0 unspecified atom stereocenters. The number of rotatable bonds is 4. The van der Waals surface area contributed by atoms with Crippen LogP contribution in [0.5, 0.6) is 5.75 Å². The van der Waals surface area contributed by atoms with Gasteiger partial charge < -0.3 is 14.6 Å². The average molecular weight is 236 g/mol. The number of nitrogens with one attached hydrogen (secondary N) is 1. The van der Waals surface area contributed by atoms with Crippen LogP contribution in [-0.2, 0) is 6.54 Å². The molecule has 1 aromatic heterocycles. The Balaban J connectivity index is 2.63. The van der Waals surface area contributed by atoms with E-state index < -0.39 is 0 Å². The molecular formula is C13H17FN2O. The lowest BCUT2D eigenvalue weighted by Gasteiger charge is -2.09. The van der Waals surface area contributed by atoms with Crippen molar-refractivity contribution in [2.75, 3.05) is 20.7 Å². The highest BCUT2D eigenvalue weighted by molar-refractivity contribution is 5.88. The van der Waals surface area contributed by atoms with Crippen molar-refractivity contribution in [1.29, 1.82) is 0 Å². The van der Waals surface area contributed by atoms with Gasteiger partial charge in [0.15, 0.2) is 0 Å². The van der Waals surface area contributed by atoms with Crippen molar-refractivity contribution in [3.05, 3.63) is 29.7 Å². The summed E-state index contributed by atoms with van der Waals surface area (Å²) in [6, 6.07) is 5.09. The van der Waals surface area contributed by atoms with Crippen LogP contribution in [0, 0.1) is 12.7 Å². The lowest BCUT2D eigenvalue weighted by Crippen LogP contribution is -2.15. The highest BCUT2D eigenvalue weighted by Gasteiger charge is 2.13. The maximum absolute atomic E-state index is 13.9. The summed E-state index contributed by atoms with van der Waals surface area (Å²) in [5.74, 6) is 0.512. The molecule has 0 bridgehead atoms. The highest BCUT2D eigenvalue weighted by atomic mass is 19.1. The summed E-state index contributed by atoms with van der Waals surface area (Å²) >= 11 is 0. The Morgan fingerprint density at radius 3 is 2.82 bits per heavy atom. The van der Waals surface area contributed by atoms with E-state index in [1.807, 2.05) is 24.6 Å². The van der Waals surface area contributed by atoms with Crippen LogP contribution in [0.25, 0.3) is 10.9 Å². The number of aromatic nitrogens is 1. The number of ether oxygens (including phenoxy) is 1. The molecule has 2 aromatic rings. The predicted molar refractivity (Wildman–Crippen MR) is 67.1 cm³/mol. The first-order valence-corrected chi connectivity index (χ1v) is 5.66. The van der Waals surface area contributed by atoms with Crippen LogP contribution in [0.4, 0.5) is 4.39 Å². The van der Waals surface area contributed by atoms with Crippen molar-refractivity contribution in [3.63, 3.8) is 0 Å². The van der Waals surface area contributed by atoms with Crippen LogP contribution in [0.3, 0.4) is 0 Å². The molecule has 0 radical (unpaired) electrons. The zero-order valence-corrected chi connectivity index (χ0v) is 10.4. The van der Waals surface area contributed by atoms with Gasteiger partial charge in [-0.3, -0.25) is 0 Å². The van der Waals surface area contributed by atoms with Gasteiger partial charge >= 0.3 is 0 Å². The van der Waals surface area contributed by atoms with Gasteiger partial charge in [0.1, 0.15) is 11.6 Å². The predicted octanol–water partition coefficient (Wildman–Crippen LogP) is 2.32. The van der Waals surface area contributed by atoms with E-state index >= 15 is 0 Å². The summed E-state index contributed by atoms with van der Waals surface area (Å²) in [7, 11) is 3.49. The van der Waals surface area contributed by atoms with Crippen molar-refractivity contribution < 1.29 is 9.13 Å². The smallest absolute Gasteiger partial charge is 0.147 e. The first-order chi connectivity index (χ1) is 8.19. The van der Waals surface area contributed by atoms with E-state index in [0.717, 1.165) is 24.2 Å². The minimum absolute atomic E-state index is 0.204. The Morgan fingerprint density at radius 1 is 1.41 bits per heavy atom. The lowest BCUT2D eigenvalue weighted by molar-refractivity contribution is 0.419. The zero-order chi connectivity index (χ0) is 12.4. The molecule has 92 valence electrons. The fraction of sp³-hybridized carbons (Fsp3) is 0.385. The molecule has 0 fully saturated rings. The number of nitrogens with zero attached hydrogens (tertiary/aromatic N) is 1. The normalized spacial score (nSPS) is 11.1. The first kappa shape index (κ1) is 11.9. The van der Waals surface area contributed by atoms with E-state index in [1.165, 1.54) is 6.07 Å². The molecule has 0 spiro atoms. The minimum Gasteiger partial charge on any atom is -0.496 e. The quantitative estimate of drug-likeness (QED) is 0.881. The number of fused-ring (bicyclic) bond motifs is 1. The maximum atomic E-state index is 13.9. The molecule has 2 rings (SSSR count). The van der Waals surface area contributed by atoms with Crippen molar-refractivity contribution in [2.45, 2.75) is 13.5 Å². The van der Waals surface area contributed by atoms with Crippen LogP contribution < -0.4 is 10.1 Å². The molecule has 4 heteroatoms. The van der Waals surface area contributed by atoms with E-state index in [4.69, 9.17) is 4.74 Å². The molecule has 0 aliphatic heterocycles. The molecule has 0 amide bonds. The van der Waals surface area contributed by atoms with Gasteiger partial charge in [-0.05, 0) is 32.2 Å². The van der Waals surface area contributed by atoms with Gasteiger partial charge in [0, 0.05) is 24.2 Å². The van der Waals surface area contributed by atoms with E-state index in [0.29, 0.717) is 11.3 Å². The maximum Gasteiger partial charge on any atom is 0.147 e. The Labute approximate surface area is 100 Å². The zero-order valence-electron chi connectivity index (χ0n) is 10.4. The summed E-state index contributed by atoms with van der Waals surface area (Å²) in [4.78, 5) is 0. The first-order valence-electron chi connectivity index (χ1n) is 5.66. The molecular weight excluding hydrogens is 219 g/mol. The van der Waals surface area contributed by atoms with Crippen LogP contribution >= 0.6 is 0 Å². The van der Waals surface area contributed by atoms with Gasteiger partial charge in [-0.15, -0.1) is 0 Å². The van der Waals surface area contributed by atoms with Crippen LogP contribution in [-0.4, -0.2) is 25.3 Å². The largest absolute Gasteiger partial charge is 0.496 e. The van der Waals surface area contributed by atoms with Crippen LogP contribution in [0.1, 0.15) is 5.69 Å². The highest BCUT2D eigenvalue weighted by Crippen LogP contribution is 2.30. The van der Waals surface area contributed by atoms with Gasteiger partial charge in [0.25, 0.3) is 0 Å². The summed E-state index contributed by atoms with van der Waals surface area (Å²) in [6.45, 7) is 3.53. The second-order valence-corrected chi connectivity index (χ2v) is 4.05. The number of halogens is 1. The molecule has 0 atom stereocenters. The summed E-state index contributed by atoms with van der Waals surface area (Å²) in [6.07, 6.45) is 0. The molecule has 0 saturated carbocycles. The van der Waals surface area contributed by atoms with Gasteiger partial charge in [-0.25, -0.2) is 4.39 Å². The molecule has 1 N–H and O–H groups in total. The minimum atomic E-state index is -0.204. The van der Waals surface area contributed by atoms with Crippen molar-refractivity contribution in [2.24, 2.45) is 0 Å². The number of benzene rings is 1. The molecule has 17 heavy (non-hydrogen) atoms. The van der Waals surface area contributed by atoms with Gasteiger partial charge in [-0.2, -0.15) is 0 Å². The summed E-state index contributed by atoms with van der Waals surface area (Å²) in [5.41, 5.74) is 1.66. The fourth-order valence-corrected chi connectivity index (χ4v) is 2.13. The monoisotopic (exact) mass is 236 g/mol. The van der Waals surface area contributed by atoms with E-state index in [1.54, 1.807) is 13.2 Å². The topological polar surface area (TPSA) is 26.2 Å². The Kier molecular flexibility index (Phi) is 3.33. The second-order valence-electron chi connectivity index (χ2n) is 4.05. The number of methoxy groups -OCH3 is 1. The van der Waals surface area contributed by atoms with Crippen molar-refractivity contribution in [3.8, 4) is 5.75 Å². The molecule has 0 aliphatic carbocycles. The molecule has 1 heterocycles. The van der Waals surface area contributed by atoms with Crippen molar-refractivity contribution in [1.82, 2.24) is 9.88 Å².